The predicted molar refractivity (Wildman–Crippen MR) is 60.0 cm³/mol. The Morgan fingerprint density at radius 2 is 2.40 bits per heavy atom. The molecule has 1 aromatic heterocycles. The van der Waals surface area contributed by atoms with E-state index in [-0.39, 0.29) is 5.97 Å². The van der Waals surface area contributed by atoms with Crippen LogP contribution in [0.1, 0.15) is 12.0 Å². The molecular weight excluding hydrogens is 210 g/mol. The van der Waals surface area contributed by atoms with Gasteiger partial charge >= 0.3 is 5.97 Å². The zero-order valence-corrected chi connectivity index (χ0v) is 9.21. The molecule has 0 aliphatic carbocycles. The number of carbonyl (C=O) groups is 1. The van der Waals surface area contributed by atoms with Crippen LogP contribution in [0.15, 0.2) is 23.7 Å². The topological polar surface area (TPSA) is 39.2 Å². The van der Waals surface area contributed by atoms with Crippen molar-refractivity contribution in [3.05, 3.63) is 29.3 Å². The highest BCUT2D eigenvalue weighted by atomic mass is 32.1. The van der Waals surface area contributed by atoms with Gasteiger partial charge in [0, 0.05) is 6.42 Å². The minimum atomic E-state index is -0.173. The zero-order chi connectivity index (χ0) is 10.7. The van der Waals surface area contributed by atoms with Gasteiger partial charge in [0.15, 0.2) is 0 Å². The Labute approximate surface area is 91.7 Å². The van der Waals surface area contributed by atoms with E-state index in [0.29, 0.717) is 12.8 Å². The Hall–Kier alpha value is -1.42. The Kier molecular flexibility index (Phi) is 2.97. The van der Waals surface area contributed by atoms with Crippen molar-refractivity contribution in [1.29, 1.82) is 0 Å². The molecule has 0 aliphatic heterocycles. The monoisotopic (exact) mass is 221 g/mol. The van der Waals surface area contributed by atoms with E-state index >= 15 is 0 Å². The number of methoxy groups -OCH3 is 1. The quantitative estimate of drug-likeness (QED) is 0.747. The predicted octanol–water partition coefficient (Wildman–Crippen LogP) is 2.40. The molecule has 2 aromatic rings. The maximum absolute atomic E-state index is 11.0. The number of ether oxygens (including phenoxy) is 1. The fourth-order valence-electron chi connectivity index (χ4n) is 1.41. The summed E-state index contributed by atoms with van der Waals surface area (Å²) in [4.78, 5) is 15.2. The fourth-order valence-corrected chi connectivity index (χ4v) is 2.07. The molecule has 3 nitrogen and oxygen atoms in total. The summed E-state index contributed by atoms with van der Waals surface area (Å²) in [5.41, 5.74) is 3.95. The van der Waals surface area contributed by atoms with Gasteiger partial charge in [0.1, 0.15) is 0 Å². The van der Waals surface area contributed by atoms with Crippen molar-refractivity contribution >= 4 is 27.5 Å². The van der Waals surface area contributed by atoms with E-state index in [4.69, 9.17) is 0 Å². The average molecular weight is 221 g/mol. The minimum Gasteiger partial charge on any atom is -0.469 e. The van der Waals surface area contributed by atoms with Gasteiger partial charge in [0.05, 0.1) is 22.8 Å². The van der Waals surface area contributed by atoms with Crippen LogP contribution in [-0.4, -0.2) is 18.1 Å². The lowest BCUT2D eigenvalue weighted by Gasteiger charge is -2.00. The molecule has 0 atom stereocenters. The van der Waals surface area contributed by atoms with Gasteiger partial charge < -0.3 is 4.74 Å². The second kappa shape index (κ2) is 4.40. The van der Waals surface area contributed by atoms with Crippen molar-refractivity contribution in [3.8, 4) is 0 Å². The third-order valence-corrected chi connectivity index (χ3v) is 3.05. The lowest BCUT2D eigenvalue weighted by atomic mass is 10.1. The van der Waals surface area contributed by atoms with E-state index in [9.17, 15) is 4.79 Å². The fraction of sp³-hybridized carbons (Fsp3) is 0.273. The molecule has 0 fully saturated rings. The molecule has 1 heterocycles. The average Bonchev–Trinajstić information content (AvgIpc) is 2.72. The summed E-state index contributed by atoms with van der Waals surface area (Å²) < 4.78 is 5.77. The third-order valence-electron chi connectivity index (χ3n) is 2.24. The van der Waals surface area contributed by atoms with E-state index in [1.165, 1.54) is 11.8 Å². The van der Waals surface area contributed by atoms with E-state index in [1.54, 1.807) is 11.3 Å². The molecule has 0 aliphatic rings. The molecule has 4 heteroatoms. The normalized spacial score (nSPS) is 10.5. The molecule has 1 aromatic carbocycles. The smallest absolute Gasteiger partial charge is 0.305 e. The molecule has 0 unspecified atom stereocenters. The first-order valence-electron chi connectivity index (χ1n) is 4.68. The van der Waals surface area contributed by atoms with E-state index in [0.717, 1.165) is 11.1 Å². The van der Waals surface area contributed by atoms with Crippen LogP contribution in [0.3, 0.4) is 0 Å². The van der Waals surface area contributed by atoms with Crippen LogP contribution < -0.4 is 0 Å². The maximum atomic E-state index is 11.0. The number of rotatable bonds is 3. The summed E-state index contributed by atoms with van der Waals surface area (Å²) in [6, 6.07) is 6.10. The maximum Gasteiger partial charge on any atom is 0.305 e. The number of fused-ring (bicyclic) bond motifs is 1. The molecule has 0 amide bonds. The summed E-state index contributed by atoms with van der Waals surface area (Å²) in [6.45, 7) is 0. The van der Waals surface area contributed by atoms with Crippen LogP contribution >= 0.6 is 11.3 Å². The standard InChI is InChI=1S/C11H11NO2S/c1-14-11(13)5-3-8-2-4-10-9(6-8)12-7-15-10/h2,4,6-7H,3,5H2,1H3. The van der Waals surface area contributed by atoms with Gasteiger partial charge in [-0.25, -0.2) is 4.98 Å². The van der Waals surface area contributed by atoms with Crippen molar-refractivity contribution < 1.29 is 9.53 Å². The summed E-state index contributed by atoms with van der Waals surface area (Å²) in [5, 5.41) is 0. The van der Waals surface area contributed by atoms with E-state index < -0.39 is 0 Å². The number of aromatic nitrogens is 1. The minimum absolute atomic E-state index is 0.173. The van der Waals surface area contributed by atoms with Crippen LogP contribution in [0.25, 0.3) is 10.2 Å². The first-order chi connectivity index (χ1) is 7.29. The summed E-state index contributed by atoms with van der Waals surface area (Å²) in [7, 11) is 1.41. The van der Waals surface area contributed by atoms with Gasteiger partial charge in [-0.15, -0.1) is 11.3 Å². The Balaban J connectivity index is 2.11. The summed E-state index contributed by atoms with van der Waals surface area (Å²) in [5.74, 6) is -0.173. The summed E-state index contributed by atoms with van der Waals surface area (Å²) >= 11 is 1.62. The molecule has 0 saturated heterocycles. The number of hydrogen-bond acceptors (Lipinski definition) is 4. The van der Waals surface area contributed by atoms with Crippen LogP contribution in [0.4, 0.5) is 0 Å². The summed E-state index contributed by atoms with van der Waals surface area (Å²) in [6.07, 6.45) is 1.13. The molecule has 15 heavy (non-hydrogen) atoms. The van der Waals surface area contributed by atoms with Gasteiger partial charge in [0.25, 0.3) is 0 Å². The number of benzene rings is 1. The van der Waals surface area contributed by atoms with Crippen LogP contribution in [0, 0.1) is 0 Å². The van der Waals surface area contributed by atoms with Gasteiger partial charge in [0.2, 0.25) is 0 Å². The second-order valence-electron chi connectivity index (χ2n) is 3.23. The highest BCUT2D eigenvalue weighted by Gasteiger charge is 2.03. The van der Waals surface area contributed by atoms with Crippen LogP contribution in [-0.2, 0) is 16.0 Å². The lowest BCUT2D eigenvalue weighted by molar-refractivity contribution is -0.140. The highest BCUT2D eigenvalue weighted by molar-refractivity contribution is 7.16. The Morgan fingerprint density at radius 1 is 1.53 bits per heavy atom. The van der Waals surface area contributed by atoms with Gasteiger partial charge in [-0.05, 0) is 24.1 Å². The number of thiazole rings is 1. The van der Waals surface area contributed by atoms with Crippen molar-refractivity contribution in [1.82, 2.24) is 4.98 Å². The van der Waals surface area contributed by atoms with Gasteiger partial charge in [-0.3, -0.25) is 4.79 Å². The largest absolute Gasteiger partial charge is 0.469 e. The second-order valence-corrected chi connectivity index (χ2v) is 4.12. The zero-order valence-electron chi connectivity index (χ0n) is 8.40. The molecule has 2 rings (SSSR count). The van der Waals surface area contributed by atoms with Crippen LogP contribution in [0.2, 0.25) is 0 Å². The SMILES string of the molecule is COC(=O)CCc1ccc2scnc2c1. The number of carbonyl (C=O) groups excluding carboxylic acids is 1. The number of aryl methyl sites for hydroxylation is 1. The highest BCUT2D eigenvalue weighted by Crippen LogP contribution is 2.19. The van der Waals surface area contributed by atoms with E-state index in [2.05, 4.69) is 9.72 Å². The van der Waals surface area contributed by atoms with Gasteiger partial charge in [-0.1, -0.05) is 6.07 Å². The first kappa shape index (κ1) is 10.1. The van der Waals surface area contributed by atoms with Crippen molar-refractivity contribution in [2.24, 2.45) is 0 Å². The molecule has 0 radical (unpaired) electrons. The Bertz CT molecular complexity index is 478. The number of esters is 1. The lowest BCUT2D eigenvalue weighted by Crippen LogP contribution is -2.01. The van der Waals surface area contributed by atoms with Crippen LogP contribution in [0.5, 0.6) is 0 Å². The van der Waals surface area contributed by atoms with E-state index in [1.807, 2.05) is 23.7 Å². The number of hydrogen-bond donors (Lipinski definition) is 0. The molecule has 0 spiro atoms. The van der Waals surface area contributed by atoms with Crippen molar-refractivity contribution in [2.45, 2.75) is 12.8 Å². The van der Waals surface area contributed by atoms with Crippen molar-refractivity contribution in [2.75, 3.05) is 7.11 Å². The first-order valence-corrected chi connectivity index (χ1v) is 5.56. The molecule has 78 valence electrons. The van der Waals surface area contributed by atoms with Gasteiger partial charge in [-0.2, -0.15) is 0 Å². The molecule has 0 bridgehead atoms. The molecule has 0 saturated carbocycles. The van der Waals surface area contributed by atoms with Crippen molar-refractivity contribution in [3.63, 3.8) is 0 Å². The Morgan fingerprint density at radius 3 is 3.20 bits per heavy atom. The molecular formula is C11H11NO2S. The number of nitrogens with zero attached hydrogens (tertiary/aromatic N) is 1. The molecule has 0 N–H and O–H groups in total. The third kappa shape index (κ3) is 2.33.